The van der Waals surface area contributed by atoms with Crippen LogP contribution in [0.1, 0.15) is 31.3 Å². The van der Waals surface area contributed by atoms with E-state index in [4.69, 9.17) is 4.42 Å². The van der Waals surface area contributed by atoms with Gasteiger partial charge in [-0.3, -0.25) is 0 Å². The standard InChI is InChI=1S/C11H14O3/c1-9(13)4-5-11-7-6-10(14-11)3-2-8-12/h6-8H,2-5H2,1H3. The number of Topliss-reactive ketones (excluding diaryl/α,β-unsaturated/α-hetero) is 1. The number of rotatable bonds is 6. The number of carbonyl (C=O) groups is 2. The largest absolute Gasteiger partial charge is 0.466 e. The van der Waals surface area contributed by atoms with E-state index in [9.17, 15) is 9.59 Å². The van der Waals surface area contributed by atoms with E-state index in [-0.39, 0.29) is 5.78 Å². The van der Waals surface area contributed by atoms with E-state index in [1.54, 1.807) is 6.92 Å². The maximum Gasteiger partial charge on any atom is 0.130 e. The summed E-state index contributed by atoms with van der Waals surface area (Å²) >= 11 is 0. The molecule has 0 fully saturated rings. The van der Waals surface area contributed by atoms with Crippen LogP contribution in [0.5, 0.6) is 0 Å². The Morgan fingerprint density at radius 1 is 1.36 bits per heavy atom. The molecule has 0 aliphatic carbocycles. The topological polar surface area (TPSA) is 47.3 Å². The molecule has 0 radical (unpaired) electrons. The molecular formula is C11H14O3. The van der Waals surface area contributed by atoms with Crippen molar-refractivity contribution in [3.8, 4) is 0 Å². The molecule has 0 saturated heterocycles. The number of ketones is 1. The first-order chi connectivity index (χ1) is 6.72. The van der Waals surface area contributed by atoms with Crippen LogP contribution in [-0.4, -0.2) is 12.1 Å². The normalized spacial score (nSPS) is 10.1. The molecule has 3 heteroatoms. The van der Waals surface area contributed by atoms with Crippen molar-refractivity contribution in [2.75, 3.05) is 0 Å². The third kappa shape index (κ3) is 3.56. The van der Waals surface area contributed by atoms with Crippen molar-refractivity contribution in [2.24, 2.45) is 0 Å². The lowest BCUT2D eigenvalue weighted by atomic mass is 10.2. The zero-order chi connectivity index (χ0) is 10.4. The van der Waals surface area contributed by atoms with Gasteiger partial charge in [0.1, 0.15) is 23.6 Å². The molecule has 1 aromatic heterocycles. The number of hydrogen-bond donors (Lipinski definition) is 0. The minimum atomic E-state index is 0.163. The summed E-state index contributed by atoms with van der Waals surface area (Å²) in [4.78, 5) is 20.8. The van der Waals surface area contributed by atoms with Crippen molar-refractivity contribution >= 4 is 12.1 Å². The van der Waals surface area contributed by atoms with Gasteiger partial charge in [0.05, 0.1) is 0 Å². The van der Waals surface area contributed by atoms with Gasteiger partial charge in [-0.1, -0.05) is 0 Å². The zero-order valence-electron chi connectivity index (χ0n) is 8.29. The molecule has 14 heavy (non-hydrogen) atoms. The molecule has 3 nitrogen and oxygen atoms in total. The molecule has 0 aliphatic heterocycles. The van der Waals surface area contributed by atoms with E-state index < -0.39 is 0 Å². The van der Waals surface area contributed by atoms with Crippen molar-refractivity contribution < 1.29 is 14.0 Å². The highest BCUT2D eigenvalue weighted by molar-refractivity contribution is 5.75. The van der Waals surface area contributed by atoms with E-state index in [1.807, 2.05) is 12.1 Å². The second-order valence-electron chi connectivity index (χ2n) is 3.28. The lowest BCUT2D eigenvalue weighted by molar-refractivity contribution is -0.117. The first kappa shape index (κ1) is 10.7. The maximum absolute atomic E-state index is 10.7. The molecule has 0 unspecified atom stereocenters. The van der Waals surface area contributed by atoms with E-state index in [0.29, 0.717) is 25.7 Å². The van der Waals surface area contributed by atoms with Gasteiger partial charge in [-0.15, -0.1) is 0 Å². The van der Waals surface area contributed by atoms with Crippen molar-refractivity contribution in [3.05, 3.63) is 23.7 Å². The van der Waals surface area contributed by atoms with Crippen molar-refractivity contribution in [1.82, 2.24) is 0 Å². The quantitative estimate of drug-likeness (QED) is 0.650. The summed E-state index contributed by atoms with van der Waals surface area (Å²) in [6.07, 6.45) is 3.16. The lowest BCUT2D eigenvalue weighted by Crippen LogP contribution is -1.92. The summed E-state index contributed by atoms with van der Waals surface area (Å²) in [7, 11) is 0. The predicted octanol–water partition coefficient (Wildman–Crippen LogP) is 1.93. The smallest absolute Gasteiger partial charge is 0.130 e. The highest BCUT2D eigenvalue weighted by atomic mass is 16.3. The maximum atomic E-state index is 10.7. The molecule has 1 rings (SSSR count). The second-order valence-corrected chi connectivity index (χ2v) is 3.28. The molecule has 0 aromatic carbocycles. The Hall–Kier alpha value is -1.38. The minimum Gasteiger partial charge on any atom is -0.466 e. The van der Waals surface area contributed by atoms with Gasteiger partial charge in [-0.25, -0.2) is 0 Å². The van der Waals surface area contributed by atoms with Gasteiger partial charge in [0.15, 0.2) is 0 Å². The van der Waals surface area contributed by atoms with Gasteiger partial charge in [-0.2, -0.15) is 0 Å². The Labute approximate surface area is 83.1 Å². The molecule has 76 valence electrons. The molecule has 0 saturated carbocycles. The minimum absolute atomic E-state index is 0.163. The van der Waals surface area contributed by atoms with Gasteiger partial charge in [0, 0.05) is 25.7 Å². The molecule has 1 aromatic rings. The van der Waals surface area contributed by atoms with Crippen LogP contribution in [0.4, 0.5) is 0 Å². The van der Waals surface area contributed by atoms with E-state index >= 15 is 0 Å². The molecule has 1 heterocycles. The van der Waals surface area contributed by atoms with Crippen LogP contribution in [0, 0.1) is 0 Å². The Morgan fingerprint density at radius 2 is 2.00 bits per heavy atom. The highest BCUT2D eigenvalue weighted by Crippen LogP contribution is 2.11. The fourth-order valence-corrected chi connectivity index (χ4v) is 1.19. The summed E-state index contributed by atoms with van der Waals surface area (Å²) in [6.45, 7) is 1.57. The van der Waals surface area contributed by atoms with Crippen LogP contribution >= 0.6 is 0 Å². The highest BCUT2D eigenvalue weighted by Gasteiger charge is 2.02. The molecule has 0 N–H and O–H groups in total. The summed E-state index contributed by atoms with van der Waals surface area (Å²) in [6, 6.07) is 3.72. The van der Waals surface area contributed by atoms with Crippen LogP contribution < -0.4 is 0 Å². The molecular weight excluding hydrogens is 180 g/mol. The van der Waals surface area contributed by atoms with E-state index in [0.717, 1.165) is 17.8 Å². The SMILES string of the molecule is CC(=O)CCc1ccc(CCC=O)o1. The summed E-state index contributed by atoms with van der Waals surface area (Å²) in [5.41, 5.74) is 0. The summed E-state index contributed by atoms with van der Waals surface area (Å²) < 4.78 is 5.42. The van der Waals surface area contributed by atoms with Crippen LogP contribution in [0.2, 0.25) is 0 Å². The average Bonchev–Trinajstić information content (AvgIpc) is 2.59. The van der Waals surface area contributed by atoms with Gasteiger partial charge in [-0.05, 0) is 19.1 Å². The Bertz CT molecular complexity index is 312. The first-order valence-corrected chi connectivity index (χ1v) is 4.73. The molecule has 0 atom stereocenters. The van der Waals surface area contributed by atoms with Crippen molar-refractivity contribution in [2.45, 2.75) is 32.6 Å². The number of aldehydes is 1. The Balaban J connectivity index is 2.42. The van der Waals surface area contributed by atoms with Crippen LogP contribution in [0.15, 0.2) is 16.5 Å². The second kappa shape index (κ2) is 5.37. The fraction of sp³-hybridized carbons (Fsp3) is 0.455. The lowest BCUT2D eigenvalue weighted by Gasteiger charge is -1.93. The third-order valence-electron chi connectivity index (χ3n) is 1.95. The van der Waals surface area contributed by atoms with Crippen molar-refractivity contribution in [3.63, 3.8) is 0 Å². The number of carbonyl (C=O) groups excluding carboxylic acids is 2. The molecule has 0 spiro atoms. The van der Waals surface area contributed by atoms with Crippen molar-refractivity contribution in [1.29, 1.82) is 0 Å². The van der Waals surface area contributed by atoms with Gasteiger partial charge in [0.25, 0.3) is 0 Å². The van der Waals surface area contributed by atoms with Crippen LogP contribution in [0.3, 0.4) is 0 Å². The average molecular weight is 194 g/mol. The summed E-state index contributed by atoms with van der Waals surface area (Å²) in [5, 5.41) is 0. The molecule has 0 aliphatic rings. The van der Waals surface area contributed by atoms with Gasteiger partial charge < -0.3 is 14.0 Å². The number of hydrogen-bond acceptors (Lipinski definition) is 3. The zero-order valence-corrected chi connectivity index (χ0v) is 8.29. The monoisotopic (exact) mass is 194 g/mol. The van der Waals surface area contributed by atoms with E-state index in [1.165, 1.54) is 0 Å². The van der Waals surface area contributed by atoms with Gasteiger partial charge >= 0.3 is 0 Å². The summed E-state index contributed by atoms with van der Waals surface area (Å²) in [5.74, 6) is 1.80. The van der Waals surface area contributed by atoms with E-state index in [2.05, 4.69) is 0 Å². The predicted molar refractivity (Wildman–Crippen MR) is 52.1 cm³/mol. The molecule has 0 amide bonds. The molecule has 0 bridgehead atoms. The fourth-order valence-electron chi connectivity index (χ4n) is 1.19. The number of aryl methyl sites for hydroxylation is 2. The van der Waals surface area contributed by atoms with Gasteiger partial charge in [0.2, 0.25) is 0 Å². The van der Waals surface area contributed by atoms with Crippen LogP contribution in [-0.2, 0) is 22.4 Å². The Kier molecular flexibility index (Phi) is 4.11. The third-order valence-corrected chi connectivity index (χ3v) is 1.95. The first-order valence-electron chi connectivity index (χ1n) is 4.73. The number of furan rings is 1. The Morgan fingerprint density at radius 3 is 2.57 bits per heavy atom. The van der Waals surface area contributed by atoms with Crippen LogP contribution in [0.25, 0.3) is 0 Å².